The van der Waals surface area contributed by atoms with E-state index in [4.69, 9.17) is 0 Å². The van der Waals surface area contributed by atoms with Crippen LogP contribution in [0.3, 0.4) is 0 Å². The Bertz CT molecular complexity index is 284. The summed E-state index contributed by atoms with van der Waals surface area (Å²) in [5.74, 6) is 0. The third-order valence-electron chi connectivity index (χ3n) is 2.56. The van der Waals surface area contributed by atoms with E-state index in [0.29, 0.717) is 0 Å². The van der Waals surface area contributed by atoms with Crippen molar-refractivity contribution >= 4 is 5.69 Å². The highest BCUT2D eigenvalue weighted by atomic mass is 15.1. The summed E-state index contributed by atoms with van der Waals surface area (Å²) < 4.78 is 0. The largest absolute Gasteiger partial charge is 0.371 e. The van der Waals surface area contributed by atoms with Gasteiger partial charge < -0.3 is 10.2 Å². The van der Waals surface area contributed by atoms with Crippen LogP contribution in [0.5, 0.6) is 0 Å². The van der Waals surface area contributed by atoms with Crippen LogP contribution < -0.4 is 10.2 Å². The van der Waals surface area contributed by atoms with E-state index >= 15 is 0 Å². The van der Waals surface area contributed by atoms with Crippen LogP contribution in [0.25, 0.3) is 0 Å². The lowest BCUT2D eigenvalue weighted by atomic mass is 10.2. The molecule has 0 saturated carbocycles. The van der Waals surface area contributed by atoms with E-state index < -0.39 is 0 Å². The number of likely N-dealkylation sites (N-methyl/N-ethyl adjacent to an activating group) is 2. The second kappa shape index (κ2) is 6.46. The SMILES string of the molecule is CCNCCN(CC)c1cccc(C)c1. The molecule has 84 valence electrons. The maximum absolute atomic E-state index is 3.36. The predicted octanol–water partition coefficient (Wildman–Crippen LogP) is 2.43. The van der Waals surface area contributed by atoms with Gasteiger partial charge in [-0.3, -0.25) is 0 Å². The maximum atomic E-state index is 3.36. The molecule has 1 rings (SSSR count). The molecule has 1 aromatic rings. The third kappa shape index (κ3) is 3.92. The van der Waals surface area contributed by atoms with Gasteiger partial charge in [-0.15, -0.1) is 0 Å². The lowest BCUT2D eigenvalue weighted by molar-refractivity contribution is 0.688. The molecule has 0 aliphatic rings. The highest BCUT2D eigenvalue weighted by Crippen LogP contribution is 2.14. The molecule has 0 aliphatic heterocycles. The number of rotatable bonds is 6. The summed E-state index contributed by atoms with van der Waals surface area (Å²) in [5.41, 5.74) is 2.66. The fraction of sp³-hybridized carbons (Fsp3) is 0.538. The molecule has 0 bridgehead atoms. The van der Waals surface area contributed by atoms with Gasteiger partial charge in [0.2, 0.25) is 0 Å². The summed E-state index contributed by atoms with van der Waals surface area (Å²) in [4.78, 5) is 2.40. The molecule has 0 fully saturated rings. The minimum atomic E-state index is 1.05. The molecule has 0 atom stereocenters. The first kappa shape index (κ1) is 12.1. The van der Waals surface area contributed by atoms with Crippen LogP contribution in [0, 0.1) is 6.92 Å². The average Bonchev–Trinajstić information content (AvgIpc) is 2.24. The summed E-state index contributed by atoms with van der Waals surface area (Å²) in [7, 11) is 0. The second-order valence-electron chi connectivity index (χ2n) is 3.77. The zero-order valence-corrected chi connectivity index (χ0v) is 10.1. The van der Waals surface area contributed by atoms with Gasteiger partial charge in [-0.2, -0.15) is 0 Å². The Kier molecular flexibility index (Phi) is 5.19. The molecule has 2 nitrogen and oxygen atoms in total. The number of aryl methyl sites for hydroxylation is 1. The zero-order valence-electron chi connectivity index (χ0n) is 10.1. The molecule has 0 aromatic heterocycles. The standard InChI is InChI=1S/C13H22N2/c1-4-14-9-10-15(5-2)13-8-6-7-12(3)11-13/h6-8,11,14H,4-5,9-10H2,1-3H3. The van der Waals surface area contributed by atoms with Crippen molar-refractivity contribution in [1.29, 1.82) is 0 Å². The number of hydrogen-bond acceptors (Lipinski definition) is 2. The molecule has 2 heteroatoms. The van der Waals surface area contributed by atoms with Crippen molar-refractivity contribution in [1.82, 2.24) is 5.32 Å². The molecule has 0 saturated heterocycles. The minimum Gasteiger partial charge on any atom is -0.371 e. The number of anilines is 1. The van der Waals surface area contributed by atoms with Crippen molar-refractivity contribution in [2.24, 2.45) is 0 Å². The Labute approximate surface area is 93.3 Å². The number of nitrogens with zero attached hydrogens (tertiary/aromatic N) is 1. The predicted molar refractivity (Wildman–Crippen MR) is 67.6 cm³/mol. The van der Waals surface area contributed by atoms with Crippen molar-refractivity contribution < 1.29 is 0 Å². The van der Waals surface area contributed by atoms with Crippen LogP contribution in [0.4, 0.5) is 5.69 Å². The Morgan fingerprint density at radius 3 is 2.67 bits per heavy atom. The number of nitrogens with one attached hydrogen (secondary N) is 1. The molecule has 0 heterocycles. The quantitative estimate of drug-likeness (QED) is 0.719. The van der Waals surface area contributed by atoms with Crippen LogP contribution in [0.1, 0.15) is 19.4 Å². The Hall–Kier alpha value is -1.02. The summed E-state index contributed by atoms with van der Waals surface area (Å²) in [6, 6.07) is 8.69. The van der Waals surface area contributed by atoms with Crippen molar-refractivity contribution in [2.45, 2.75) is 20.8 Å². The van der Waals surface area contributed by atoms with Crippen LogP contribution >= 0.6 is 0 Å². The second-order valence-corrected chi connectivity index (χ2v) is 3.77. The molecule has 0 amide bonds. The minimum absolute atomic E-state index is 1.05. The van der Waals surface area contributed by atoms with Crippen LogP contribution in [-0.2, 0) is 0 Å². The van der Waals surface area contributed by atoms with E-state index in [9.17, 15) is 0 Å². The van der Waals surface area contributed by atoms with Gasteiger partial charge in [0.25, 0.3) is 0 Å². The van der Waals surface area contributed by atoms with Crippen LogP contribution in [-0.4, -0.2) is 26.2 Å². The van der Waals surface area contributed by atoms with Gasteiger partial charge in [0, 0.05) is 25.3 Å². The summed E-state index contributed by atoms with van der Waals surface area (Å²) >= 11 is 0. The molecule has 1 aromatic carbocycles. The smallest absolute Gasteiger partial charge is 0.0369 e. The van der Waals surface area contributed by atoms with Crippen molar-refractivity contribution in [3.8, 4) is 0 Å². The summed E-state index contributed by atoms with van der Waals surface area (Å²) in [6.45, 7) is 10.7. The first-order valence-corrected chi connectivity index (χ1v) is 5.80. The first-order chi connectivity index (χ1) is 7.27. The molecule has 0 spiro atoms. The fourth-order valence-corrected chi connectivity index (χ4v) is 1.69. The van der Waals surface area contributed by atoms with Gasteiger partial charge in [-0.1, -0.05) is 19.1 Å². The molecule has 0 aliphatic carbocycles. The maximum Gasteiger partial charge on any atom is 0.0369 e. The van der Waals surface area contributed by atoms with E-state index in [1.807, 2.05) is 0 Å². The molecule has 1 N–H and O–H groups in total. The molecular weight excluding hydrogens is 184 g/mol. The van der Waals surface area contributed by atoms with E-state index in [1.54, 1.807) is 0 Å². The van der Waals surface area contributed by atoms with Crippen LogP contribution in [0.15, 0.2) is 24.3 Å². The topological polar surface area (TPSA) is 15.3 Å². The lowest BCUT2D eigenvalue weighted by Crippen LogP contribution is -2.31. The van der Waals surface area contributed by atoms with Crippen molar-refractivity contribution in [3.63, 3.8) is 0 Å². The monoisotopic (exact) mass is 206 g/mol. The highest BCUT2D eigenvalue weighted by Gasteiger charge is 2.02. The van der Waals surface area contributed by atoms with Gasteiger partial charge in [-0.05, 0) is 38.1 Å². The van der Waals surface area contributed by atoms with Crippen molar-refractivity contribution in [2.75, 3.05) is 31.1 Å². The van der Waals surface area contributed by atoms with E-state index in [2.05, 4.69) is 55.3 Å². The Morgan fingerprint density at radius 1 is 1.27 bits per heavy atom. The molecule has 15 heavy (non-hydrogen) atoms. The van der Waals surface area contributed by atoms with E-state index in [0.717, 1.165) is 26.2 Å². The average molecular weight is 206 g/mol. The van der Waals surface area contributed by atoms with Gasteiger partial charge in [0.05, 0.1) is 0 Å². The normalized spacial score (nSPS) is 10.3. The van der Waals surface area contributed by atoms with E-state index in [-0.39, 0.29) is 0 Å². The van der Waals surface area contributed by atoms with Crippen LogP contribution in [0.2, 0.25) is 0 Å². The Morgan fingerprint density at radius 2 is 2.07 bits per heavy atom. The molecular formula is C13H22N2. The first-order valence-electron chi connectivity index (χ1n) is 5.80. The zero-order chi connectivity index (χ0) is 11.1. The molecule has 0 radical (unpaired) electrons. The van der Waals surface area contributed by atoms with Crippen molar-refractivity contribution in [3.05, 3.63) is 29.8 Å². The summed E-state index contributed by atoms with van der Waals surface area (Å²) in [6.07, 6.45) is 0. The van der Waals surface area contributed by atoms with E-state index in [1.165, 1.54) is 11.3 Å². The lowest BCUT2D eigenvalue weighted by Gasteiger charge is -2.23. The fourth-order valence-electron chi connectivity index (χ4n) is 1.69. The van der Waals surface area contributed by atoms with Gasteiger partial charge >= 0.3 is 0 Å². The Balaban J connectivity index is 2.57. The summed E-state index contributed by atoms with van der Waals surface area (Å²) in [5, 5.41) is 3.36. The highest BCUT2D eigenvalue weighted by molar-refractivity contribution is 5.48. The number of hydrogen-bond donors (Lipinski definition) is 1. The number of benzene rings is 1. The van der Waals surface area contributed by atoms with Gasteiger partial charge in [-0.25, -0.2) is 0 Å². The van der Waals surface area contributed by atoms with Gasteiger partial charge in [0.1, 0.15) is 0 Å². The van der Waals surface area contributed by atoms with Gasteiger partial charge in [0.15, 0.2) is 0 Å². The molecule has 0 unspecified atom stereocenters. The third-order valence-corrected chi connectivity index (χ3v) is 2.56.